The average molecular weight is 420 g/mol. The predicted octanol–water partition coefficient (Wildman–Crippen LogP) is 3.06. The van der Waals surface area contributed by atoms with Gasteiger partial charge in [0.15, 0.2) is 5.82 Å². The minimum atomic E-state index is -0.234. The second kappa shape index (κ2) is 8.85. The monoisotopic (exact) mass is 419 g/mol. The van der Waals surface area contributed by atoms with Crippen molar-refractivity contribution in [1.82, 2.24) is 14.9 Å². The number of carbonyl (C=O) groups excluding carboxylic acids is 1. The molecule has 1 amide bonds. The van der Waals surface area contributed by atoms with E-state index in [9.17, 15) is 4.79 Å². The normalized spacial score (nSPS) is 10.5. The van der Waals surface area contributed by atoms with Crippen LogP contribution in [-0.2, 0) is 4.79 Å². The number of ether oxygens (including phenoxy) is 2. The van der Waals surface area contributed by atoms with E-state index in [0.717, 1.165) is 11.8 Å². The van der Waals surface area contributed by atoms with E-state index < -0.39 is 0 Å². The summed E-state index contributed by atoms with van der Waals surface area (Å²) in [6.45, 7) is 0. The highest BCUT2D eigenvalue weighted by atomic mass is 35.5. The van der Waals surface area contributed by atoms with Crippen molar-refractivity contribution >= 4 is 35.0 Å². The summed E-state index contributed by atoms with van der Waals surface area (Å²) in [6, 6.07) is 12.3. The molecule has 1 aromatic heterocycles. The first-order valence-electron chi connectivity index (χ1n) is 8.13. The molecular weight excluding hydrogens is 402 g/mol. The zero-order chi connectivity index (χ0) is 20.1. The molecule has 0 fully saturated rings. The molecule has 2 aromatic carbocycles. The Bertz CT molecular complexity index is 973. The number of thioether (sulfide) groups is 1. The molecule has 8 nitrogen and oxygen atoms in total. The maximum absolute atomic E-state index is 12.3. The molecule has 0 atom stereocenters. The summed E-state index contributed by atoms with van der Waals surface area (Å²) < 4.78 is 11.7. The molecule has 0 saturated carbocycles. The standard InChI is InChI=1S/C18H18ClN5O3S/c1-26-12-7-11(8-13(9-12)27-2)21-16(25)10-28-18-23-22-17(24(18)20)14-5-3-4-6-15(14)19/h3-9H,10,20H2,1-2H3,(H,21,25). The van der Waals surface area contributed by atoms with Crippen LogP contribution in [0.15, 0.2) is 47.6 Å². The summed E-state index contributed by atoms with van der Waals surface area (Å²) in [7, 11) is 3.09. The van der Waals surface area contributed by atoms with Gasteiger partial charge in [-0.25, -0.2) is 4.68 Å². The first-order chi connectivity index (χ1) is 13.5. The molecule has 3 rings (SSSR count). The number of hydrogen-bond donors (Lipinski definition) is 2. The van der Waals surface area contributed by atoms with E-state index in [0.29, 0.717) is 38.8 Å². The van der Waals surface area contributed by atoms with Gasteiger partial charge in [0.1, 0.15) is 11.5 Å². The number of nitrogens with two attached hydrogens (primary N) is 1. The van der Waals surface area contributed by atoms with Crippen LogP contribution in [0.2, 0.25) is 5.02 Å². The highest BCUT2D eigenvalue weighted by Crippen LogP contribution is 2.28. The highest BCUT2D eigenvalue weighted by molar-refractivity contribution is 7.99. The van der Waals surface area contributed by atoms with E-state index in [2.05, 4.69) is 15.5 Å². The maximum atomic E-state index is 12.3. The minimum Gasteiger partial charge on any atom is -0.497 e. The van der Waals surface area contributed by atoms with Gasteiger partial charge in [-0.1, -0.05) is 35.5 Å². The predicted molar refractivity (Wildman–Crippen MR) is 110 cm³/mol. The third-order valence-electron chi connectivity index (χ3n) is 3.75. The number of hydrogen-bond acceptors (Lipinski definition) is 7. The molecule has 28 heavy (non-hydrogen) atoms. The zero-order valence-corrected chi connectivity index (χ0v) is 16.8. The molecule has 3 aromatic rings. The van der Waals surface area contributed by atoms with Gasteiger partial charge in [0.2, 0.25) is 11.1 Å². The van der Waals surface area contributed by atoms with Crippen LogP contribution in [0.1, 0.15) is 0 Å². The number of methoxy groups -OCH3 is 2. The lowest BCUT2D eigenvalue weighted by Crippen LogP contribution is -2.16. The molecule has 0 radical (unpaired) electrons. The van der Waals surface area contributed by atoms with Crippen LogP contribution in [0, 0.1) is 0 Å². The Hall–Kier alpha value is -2.91. The number of amides is 1. The molecule has 0 bridgehead atoms. The minimum absolute atomic E-state index is 0.0946. The molecule has 0 aliphatic rings. The first kappa shape index (κ1) is 19.8. The number of rotatable bonds is 7. The summed E-state index contributed by atoms with van der Waals surface area (Å²) in [4.78, 5) is 12.3. The van der Waals surface area contributed by atoms with Crippen LogP contribution in [0.25, 0.3) is 11.4 Å². The van der Waals surface area contributed by atoms with Crippen LogP contribution >= 0.6 is 23.4 Å². The number of aromatic nitrogens is 3. The van der Waals surface area contributed by atoms with Crippen LogP contribution in [-0.4, -0.2) is 40.8 Å². The van der Waals surface area contributed by atoms with Gasteiger partial charge in [0.05, 0.1) is 25.0 Å². The molecule has 0 saturated heterocycles. The Labute approximate surface area is 171 Å². The van der Waals surface area contributed by atoms with Gasteiger partial charge in [0, 0.05) is 29.4 Å². The molecular formula is C18H18ClN5O3S. The summed E-state index contributed by atoms with van der Waals surface area (Å²) >= 11 is 7.34. The fraction of sp³-hybridized carbons (Fsp3) is 0.167. The maximum Gasteiger partial charge on any atom is 0.234 e. The van der Waals surface area contributed by atoms with Gasteiger partial charge in [-0.2, -0.15) is 0 Å². The van der Waals surface area contributed by atoms with Crippen molar-refractivity contribution in [2.75, 3.05) is 31.1 Å². The number of halogens is 1. The second-order valence-electron chi connectivity index (χ2n) is 5.59. The van der Waals surface area contributed by atoms with Crippen molar-refractivity contribution in [1.29, 1.82) is 0 Å². The highest BCUT2D eigenvalue weighted by Gasteiger charge is 2.16. The van der Waals surface area contributed by atoms with Crippen molar-refractivity contribution in [3.63, 3.8) is 0 Å². The van der Waals surface area contributed by atoms with Crippen LogP contribution < -0.4 is 20.6 Å². The molecule has 10 heteroatoms. The SMILES string of the molecule is COc1cc(NC(=O)CSc2nnc(-c3ccccc3Cl)n2N)cc(OC)c1. The number of nitrogens with one attached hydrogen (secondary N) is 1. The number of anilines is 1. The van der Waals surface area contributed by atoms with Gasteiger partial charge in [-0.3, -0.25) is 4.79 Å². The summed E-state index contributed by atoms with van der Waals surface area (Å²) in [5.41, 5.74) is 1.23. The van der Waals surface area contributed by atoms with Crippen LogP contribution in [0.5, 0.6) is 11.5 Å². The third kappa shape index (κ3) is 4.49. The lowest BCUT2D eigenvalue weighted by Gasteiger charge is -2.09. The Morgan fingerprint density at radius 3 is 2.50 bits per heavy atom. The van der Waals surface area contributed by atoms with E-state index in [-0.39, 0.29) is 11.7 Å². The molecule has 0 aliphatic heterocycles. The molecule has 0 spiro atoms. The van der Waals surface area contributed by atoms with Crippen molar-refractivity contribution in [3.8, 4) is 22.9 Å². The van der Waals surface area contributed by atoms with Gasteiger partial charge in [0.25, 0.3) is 0 Å². The van der Waals surface area contributed by atoms with E-state index in [4.69, 9.17) is 26.9 Å². The lowest BCUT2D eigenvalue weighted by atomic mass is 10.2. The fourth-order valence-corrected chi connectivity index (χ4v) is 3.29. The second-order valence-corrected chi connectivity index (χ2v) is 6.94. The van der Waals surface area contributed by atoms with Gasteiger partial charge >= 0.3 is 0 Å². The summed E-state index contributed by atoms with van der Waals surface area (Å²) in [5.74, 6) is 7.50. The number of carbonyl (C=O) groups is 1. The van der Waals surface area contributed by atoms with Crippen molar-refractivity contribution in [2.45, 2.75) is 5.16 Å². The van der Waals surface area contributed by atoms with Crippen molar-refractivity contribution < 1.29 is 14.3 Å². The Kier molecular flexibility index (Phi) is 6.27. The quantitative estimate of drug-likeness (QED) is 0.448. The van der Waals surface area contributed by atoms with E-state index >= 15 is 0 Å². The van der Waals surface area contributed by atoms with Gasteiger partial charge < -0.3 is 20.6 Å². The van der Waals surface area contributed by atoms with Crippen molar-refractivity contribution in [3.05, 3.63) is 47.5 Å². The Morgan fingerprint density at radius 2 is 1.86 bits per heavy atom. The van der Waals surface area contributed by atoms with E-state index in [1.165, 1.54) is 4.68 Å². The number of nitrogen functional groups attached to an aromatic ring is 1. The lowest BCUT2D eigenvalue weighted by molar-refractivity contribution is -0.113. The van der Waals surface area contributed by atoms with Crippen molar-refractivity contribution in [2.24, 2.45) is 0 Å². The average Bonchev–Trinajstić information content (AvgIpc) is 3.06. The zero-order valence-electron chi connectivity index (χ0n) is 15.2. The van der Waals surface area contributed by atoms with Crippen LogP contribution in [0.3, 0.4) is 0 Å². The molecule has 0 unspecified atom stereocenters. The number of benzene rings is 2. The molecule has 146 valence electrons. The summed E-state index contributed by atoms with van der Waals surface area (Å²) in [6.07, 6.45) is 0. The third-order valence-corrected chi connectivity index (χ3v) is 5.02. The van der Waals surface area contributed by atoms with Gasteiger partial charge in [-0.05, 0) is 12.1 Å². The first-order valence-corrected chi connectivity index (χ1v) is 9.49. The summed E-state index contributed by atoms with van der Waals surface area (Å²) in [5, 5.41) is 11.8. The van der Waals surface area contributed by atoms with Gasteiger partial charge in [-0.15, -0.1) is 10.2 Å². The number of nitrogens with zero attached hydrogens (tertiary/aromatic N) is 3. The molecule has 1 heterocycles. The fourth-order valence-electron chi connectivity index (χ4n) is 2.41. The molecule has 3 N–H and O–H groups in total. The molecule has 0 aliphatic carbocycles. The van der Waals surface area contributed by atoms with E-state index in [1.807, 2.05) is 12.1 Å². The topological polar surface area (TPSA) is 104 Å². The Balaban J connectivity index is 1.67. The Morgan fingerprint density at radius 1 is 1.18 bits per heavy atom. The van der Waals surface area contributed by atoms with Crippen LogP contribution in [0.4, 0.5) is 5.69 Å². The largest absolute Gasteiger partial charge is 0.497 e. The van der Waals surface area contributed by atoms with E-state index in [1.54, 1.807) is 44.6 Å². The smallest absolute Gasteiger partial charge is 0.234 e.